The molecule has 108 valence electrons. The second kappa shape index (κ2) is 5.76. The molecule has 0 aliphatic rings. The first-order valence-electron chi connectivity index (χ1n) is 6.53. The number of thiazole rings is 1. The maximum Gasteiger partial charge on any atom is 0.255 e. The molecule has 0 saturated carbocycles. The quantitative estimate of drug-likeness (QED) is 0.937. The summed E-state index contributed by atoms with van der Waals surface area (Å²) in [5.74, 6) is -0.00106. The van der Waals surface area contributed by atoms with Gasteiger partial charge in [-0.3, -0.25) is 9.36 Å². The van der Waals surface area contributed by atoms with Crippen molar-refractivity contribution in [3.05, 3.63) is 34.6 Å². The summed E-state index contributed by atoms with van der Waals surface area (Å²) in [6.45, 7) is 6.32. The van der Waals surface area contributed by atoms with Gasteiger partial charge >= 0.3 is 0 Å². The monoisotopic (exact) mass is 292 g/mol. The summed E-state index contributed by atoms with van der Waals surface area (Å²) < 4.78 is 2.01. The molecule has 1 unspecified atom stereocenters. The number of likely N-dealkylation sites (N-methyl/N-ethyl adjacent to an activating group) is 1. The van der Waals surface area contributed by atoms with Crippen LogP contribution in [0.25, 0.3) is 5.13 Å². The normalized spacial score (nSPS) is 12.4. The highest BCUT2D eigenvalue weighted by molar-refractivity contribution is 7.12. The zero-order valence-corrected chi connectivity index (χ0v) is 13.1. The topological polar surface area (TPSA) is 64.2 Å². The molecule has 2 aromatic heterocycles. The number of aryl methyl sites for hydroxylation is 1. The summed E-state index contributed by atoms with van der Waals surface area (Å²) in [7, 11) is 1.79. The summed E-state index contributed by atoms with van der Waals surface area (Å²) in [6, 6.07) is 1.93. The number of hydrogen-bond acceptors (Lipinski definition) is 4. The largest absolute Gasteiger partial charge is 0.338 e. The summed E-state index contributed by atoms with van der Waals surface area (Å²) in [6.07, 6.45) is 1.77. The Labute approximate surface area is 123 Å². The van der Waals surface area contributed by atoms with Crippen LogP contribution in [0.4, 0.5) is 0 Å². The predicted octanol–water partition coefficient (Wildman–Crippen LogP) is 1.97. The second-order valence-corrected chi connectivity index (χ2v) is 5.81. The Bertz CT molecular complexity index is 603. The molecule has 1 amide bonds. The number of carbonyl (C=O) groups is 1. The third-order valence-electron chi connectivity index (χ3n) is 3.59. The van der Waals surface area contributed by atoms with Crippen LogP contribution in [0.1, 0.15) is 28.7 Å². The van der Waals surface area contributed by atoms with Gasteiger partial charge in [0.05, 0.1) is 5.56 Å². The van der Waals surface area contributed by atoms with E-state index in [2.05, 4.69) is 4.98 Å². The highest BCUT2D eigenvalue weighted by Gasteiger charge is 2.22. The van der Waals surface area contributed by atoms with Crippen LogP contribution in [0, 0.1) is 13.8 Å². The molecular formula is C14H20N4OS. The van der Waals surface area contributed by atoms with Gasteiger partial charge in [-0.2, -0.15) is 0 Å². The van der Waals surface area contributed by atoms with Crippen molar-refractivity contribution in [1.82, 2.24) is 14.5 Å². The lowest BCUT2D eigenvalue weighted by atomic mass is 10.2. The molecule has 0 aromatic carbocycles. The summed E-state index contributed by atoms with van der Waals surface area (Å²) in [5, 5.41) is 2.81. The van der Waals surface area contributed by atoms with Gasteiger partial charge in [-0.15, -0.1) is 11.3 Å². The molecular weight excluding hydrogens is 272 g/mol. The first-order valence-corrected chi connectivity index (χ1v) is 7.41. The molecule has 0 radical (unpaired) electrons. The predicted molar refractivity (Wildman–Crippen MR) is 81.5 cm³/mol. The highest BCUT2D eigenvalue weighted by atomic mass is 32.1. The van der Waals surface area contributed by atoms with Crippen molar-refractivity contribution in [1.29, 1.82) is 0 Å². The Morgan fingerprint density at radius 3 is 2.80 bits per heavy atom. The highest BCUT2D eigenvalue weighted by Crippen LogP contribution is 2.23. The van der Waals surface area contributed by atoms with E-state index in [1.54, 1.807) is 29.5 Å². The number of aromatic nitrogens is 2. The first kappa shape index (κ1) is 14.7. The number of hydrogen-bond donors (Lipinski definition) is 1. The van der Waals surface area contributed by atoms with Crippen LogP contribution in [0.5, 0.6) is 0 Å². The van der Waals surface area contributed by atoms with E-state index in [4.69, 9.17) is 5.73 Å². The molecule has 20 heavy (non-hydrogen) atoms. The van der Waals surface area contributed by atoms with E-state index in [9.17, 15) is 4.79 Å². The lowest BCUT2D eigenvalue weighted by molar-refractivity contribution is 0.0747. The smallest absolute Gasteiger partial charge is 0.255 e. The number of rotatable bonds is 4. The summed E-state index contributed by atoms with van der Waals surface area (Å²) in [5.41, 5.74) is 8.26. The van der Waals surface area contributed by atoms with Gasteiger partial charge < -0.3 is 10.6 Å². The van der Waals surface area contributed by atoms with Crippen molar-refractivity contribution in [3.63, 3.8) is 0 Å². The average Bonchev–Trinajstić information content (AvgIpc) is 3.04. The van der Waals surface area contributed by atoms with Gasteiger partial charge in [0.15, 0.2) is 5.13 Å². The average molecular weight is 292 g/mol. The molecule has 2 aromatic rings. The molecule has 1 atom stereocenters. The van der Waals surface area contributed by atoms with E-state index >= 15 is 0 Å². The van der Waals surface area contributed by atoms with Crippen molar-refractivity contribution in [2.24, 2.45) is 5.73 Å². The number of carbonyl (C=O) groups excluding carboxylic acids is 1. The molecule has 0 spiro atoms. The molecule has 0 aliphatic carbocycles. The van der Waals surface area contributed by atoms with Gasteiger partial charge in [-0.05, 0) is 26.8 Å². The zero-order chi connectivity index (χ0) is 14.9. The van der Waals surface area contributed by atoms with Gasteiger partial charge in [0.2, 0.25) is 0 Å². The van der Waals surface area contributed by atoms with E-state index in [1.165, 1.54) is 0 Å². The van der Waals surface area contributed by atoms with Crippen LogP contribution in [0.2, 0.25) is 0 Å². The second-order valence-electron chi connectivity index (χ2n) is 4.94. The Kier molecular flexibility index (Phi) is 4.25. The van der Waals surface area contributed by atoms with E-state index in [-0.39, 0.29) is 11.9 Å². The Balaban J connectivity index is 2.40. The molecule has 0 bridgehead atoms. The molecule has 5 nitrogen and oxygen atoms in total. The van der Waals surface area contributed by atoms with Crippen LogP contribution in [-0.2, 0) is 0 Å². The van der Waals surface area contributed by atoms with Gasteiger partial charge in [0, 0.05) is 42.6 Å². The van der Waals surface area contributed by atoms with Crippen molar-refractivity contribution in [3.8, 4) is 5.13 Å². The van der Waals surface area contributed by atoms with Gasteiger partial charge in [0.25, 0.3) is 5.91 Å². The molecule has 0 aliphatic heterocycles. The SMILES string of the molecule is Cc1cc(C(=O)N(C)C(C)CN)c(C)n1-c1nccs1. The van der Waals surface area contributed by atoms with Crippen molar-refractivity contribution in [2.45, 2.75) is 26.8 Å². The third kappa shape index (κ3) is 2.48. The van der Waals surface area contributed by atoms with E-state index < -0.39 is 0 Å². The minimum Gasteiger partial charge on any atom is -0.338 e. The van der Waals surface area contributed by atoms with Crippen LogP contribution in [0.3, 0.4) is 0 Å². The number of nitrogens with two attached hydrogens (primary N) is 1. The maximum absolute atomic E-state index is 12.5. The molecule has 0 fully saturated rings. The molecule has 2 heterocycles. The Morgan fingerprint density at radius 2 is 2.25 bits per heavy atom. The first-order chi connectivity index (χ1) is 9.47. The van der Waals surface area contributed by atoms with E-state index in [0.29, 0.717) is 12.1 Å². The van der Waals surface area contributed by atoms with Gasteiger partial charge in [0.1, 0.15) is 0 Å². The van der Waals surface area contributed by atoms with Crippen LogP contribution in [0.15, 0.2) is 17.6 Å². The standard InChI is InChI=1S/C14H20N4OS/c1-9-7-12(13(19)17(4)10(2)8-15)11(3)18(9)14-16-5-6-20-14/h5-7,10H,8,15H2,1-4H3. The van der Waals surface area contributed by atoms with Gasteiger partial charge in [-0.25, -0.2) is 4.98 Å². The lowest BCUT2D eigenvalue weighted by Gasteiger charge is -2.23. The van der Waals surface area contributed by atoms with Gasteiger partial charge in [-0.1, -0.05) is 0 Å². The Morgan fingerprint density at radius 1 is 1.55 bits per heavy atom. The fourth-order valence-electron chi connectivity index (χ4n) is 2.15. The van der Waals surface area contributed by atoms with Crippen molar-refractivity contribution in [2.75, 3.05) is 13.6 Å². The van der Waals surface area contributed by atoms with Crippen LogP contribution >= 0.6 is 11.3 Å². The van der Waals surface area contributed by atoms with Crippen LogP contribution in [-0.4, -0.2) is 40.0 Å². The molecule has 6 heteroatoms. The summed E-state index contributed by atoms with van der Waals surface area (Å²) in [4.78, 5) is 18.5. The fraction of sp³-hybridized carbons (Fsp3) is 0.429. The minimum absolute atomic E-state index is 0.00106. The summed E-state index contributed by atoms with van der Waals surface area (Å²) >= 11 is 1.56. The van der Waals surface area contributed by atoms with Crippen LogP contribution < -0.4 is 5.73 Å². The van der Waals surface area contributed by atoms with Crippen molar-refractivity contribution >= 4 is 17.2 Å². The minimum atomic E-state index is -0.00106. The molecule has 0 saturated heterocycles. The fourth-order valence-corrected chi connectivity index (χ4v) is 2.90. The molecule has 2 N–H and O–H groups in total. The number of nitrogens with zero attached hydrogens (tertiary/aromatic N) is 3. The number of amides is 1. The van der Waals surface area contributed by atoms with Crippen molar-refractivity contribution < 1.29 is 4.79 Å². The maximum atomic E-state index is 12.5. The van der Waals surface area contributed by atoms with E-state index in [0.717, 1.165) is 16.5 Å². The lowest BCUT2D eigenvalue weighted by Crippen LogP contribution is -2.39. The van der Waals surface area contributed by atoms with E-state index in [1.807, 2.05) is 36.8 Å². The molecule has 2 rings (SSSR count). The zero-order valence-electron chi connectivity index (χ0n) is 12.3. The Hall–Kier alpha value is -1.66. The third-order valence-corrected chi connectivity index (χ3v) is 4.35.